The number of hydrogen-bond acceptors (Lipinski definition) is 4. The molecule has 2 aromatic rings. The first kappa shape index (κ1) is 22.6. The third-order valence-corrected chi connectivity index (χ3v) is 5.41. The smallest absolute Gasteiger partial charge is 0.282 e. The molecule has 0 atom stereocenters. The van der Waals surface area contributed by atoms with E-state index in [-0.39, 0.29) is 21.1 Å². The number of alkyl halides is 3. The molecule has 0 radical (unpaired) electrons. The van der Waals surface area contributed by atoms with E-state index < -0.39 is 16.9 Å². The molecule has 29 heavy (non-hydrogen) atoms. The van der Waals surface area contributed by atoms with Gasteiger partial charge in [-0.1, -0.05) is 25.0 Å². The highest BCUT2D eigenvalue weighted by atomic mass is 32.2. The van der Waals surface area contributed by atoms with E-state index >= 15 is 0 Å². The molecule has 0 saturated heterocycles. The highest BCUT2D eigenvalue weighted by Crippen LogP contribution is 2.38. The minimum absolute atomic E-state index is 0.170. The van der Waals surface area contributed by atoms with Crippen molar-refractivity contribution in [3.63, 3.8) is 0 Å². The summed E-state index contributed by atoms with van der Waals surface area (Å²) in [5.74, 6) is 5.49. The summed E-state index contributed by atoms with van der Waals surface area (Å²) in [5, 5.41) is -0.714. The van der Waals surface area contributed by atoms with Crippen molar-refractivity contribution in [2.24, 2.45) is 0 Å². The molecule has 0 aliphatic carbocycles. The Morgan fingerprint density at radius 1 is 1.00 bits per heavy atom. The Labute approximate surface area is 175 Å². The predicted octanol–water partition coefficient (Wildman–Crippen LogP) is 6.10. The van der Waals surface area contributed by atoms with Crippen LogP contribution in [0.2, 0.25) is 0 Å². The highest BCUT2D eigenvalue weighted by Gasteiger charge is 2.34. The van der Waals surface area contributed by atoms with Crippen molar-refractivity contribution in [3.05, 3.63) is 84.0 Å². The number of carbonyl (C=O) groups is 2. The van der Waals surface area contributed by atoms with Crippen LogP contribution in [0.15, 0.2) is 77.1 Å². The summed E-state index contributed by atoms with van der Waals surface area (Å²) >= 11 is 1.51. The lowest BCUT2D eigenvalue weighted by atomic mass is 10.1. The second-order valence-corrected chi connectivity index (χ2v) is 7.87. The predicted molar refractivity (Wildman–Crippen MR) is 111 cm³/mol. The Hall–Kier alpha value is -2.69. The van der Waals surface area contributed by atoms with Gasteiger partial charge in [0.15, 0.2) is 0 Å². The third-order valence-electron chi connectivity index (χ3n) is 3.43. The first-order valence-corrected chi connectivity index (χ1v) is 9.78. The quantitative estimate of drug-likeness (QED) is 0.332. The van der Waals surface area contributed by atoms with Gasteiger partial charge in [-0.2, -0.15) is 13.2 Å². The summed E-state index contributed by atoms with van der Waals surface area (Å²) in [6, 6.07) is 10.3. The second-order valence-electron chi connectivity index (χ2n) is 5.78. The molecule has 0 amide bonds. The molecule has 0 aliphatic rings. The lowest BCUT2D eigenvalue weighted by molar-refractivity contribution is -0.139. The zero-order chi connectivity index (χ0) is 21.6. The fourth-order valence-corrected chi connectivity index (χ4v) is 3.40. The number of thioether (sulfide) groups is 2. The Morgan fingerprint density at radius 3 is 2.14 bits per heavy atom. The monoisotopic (exact) mass is 432 g/mol. The zero-order valence-electron chi connectivity index (χ0n) is 15.3. The van der Waals surface area contributed by atoms with E-state index in [2.05, 4.69) is 25.0 Å². The molecule has 0 N–H and O–H groups in total. The summed E-state index contributed by atoms with van der Waals surface area (Å²) in [6.07, 6.45) is -3.41. The fourth-order valence-electron chi connectivity index (χ4n) is 2.01. The number of carbonyl (C=O) groups excluding carboxylic acids is 2. The summed E-state index contributed by atoms with van der Waals surface area (Å²) < 4.78 is 40.2. The molecule has 148 valence electrons. The molecule has 0 bridgehead atoms. The van der Waals surface area contributed by atoms with E-state index in [1.165, 1.54) is 25.1 Å². The van der Waals surface area contributed by atoms with Gasteiger partial charge in [0.1, 0.15) is 0 Å². The molecule has 2 aromatic carbocycles. The van der Waals surface area contributed by atoms with Crippen LogP contribution in [0, 0.1) is 11.8 Å². The molecular formula is C22H15F3O2S2. The van der Waals surface area contributed by atoms with Crippen molar-refractivity contribution in [2.45, 2.75) is 22.9 Å². The van der Waals surface area contributed by atoms with E-state index in [4.69, 9.17) is 0 Å². The average molecular weight is 432 g/mol. The van der Waals surface area contributed by atoms with Crippen molar-refractivity contribution in [1.29, 1.82) is 0 Å². The molecule has 0 aliphatic heterocycles. The van der Waals surface area contributed by atoms with Crippen LogP contribution in [0.5, 0.6) is 0 Å². The Morgan fingerprint density at radius 2 is 1.59 bits per heavy atom. The first-order valence-electron chi connectivity index (χ1n) is 8.15. The van der Waals surface area contributed by atoms with Crippen LogP contribution < -0.4 is 0 Å². The maximum absolute atomic E-state index is 13.4. The molecule has 0 unspecified atom stereocenters. The Balaban J connectivity index is 2.28. The molecule has 0 heterocycles. The van der Waals surface area contributed by atoms with Crippen molar-refractivity contribution < 1.29 is 22.8 Å². The first-order chi connectivity index (χ1) is 13.6. The van der Waals surface area contributed by atoms with Gasteiger partial charge in [0.2, 0.25) is 10.2 Å². The fraction of sp³-hybridized carbons (Fsp3) is 0.0909. The number of rotatable bonds is 4. The summed E-state index contributed by atoms with van der Waals surface area (Å²) in [5.41, 5.74) is 0.0107. The molecule has 7 heteroatoms. The van der Waals surface area contributed by atoms with Gasteiger partial charge in [0, 0.05) is 20.9 Å². The topological polar surface area (TPSA) is 34.1 Å². The largest absolute Gasteiger partial charge is 0.417 e. The highest BCUT2D eigenvalue weighted by molar-refractivity contribution is 8.14. The maximum Gasteiger partial charge on any atom is 0.417 e. The second kappa shape index (κ2) is 9.68. The molecule has 2 rings (SSSR count). The van der Waals surface area contributed by atoms with Gasteiger partial charge in [-0.05, 0) is 84.6 Å². The van der Waals surface area contributed by atoms with Crippen LogP contribution in [0.3, 0.4) is 0 Å². The Bertz CT molecular complexity index is 1030. The van der Waals surface area contributed by atoms with Gasteiger partial charge >= 0.3 is 6.18 Å². The minimum Gasteiger partial charge on any atom is -0.282 e. The van der Waals surface area contributed by atoms with E-state index in [0.717, 1.165) is 17.8 Å². The standard InChI is InChI=1S/C22H15F3O2S2/c1-4-20(26)28-17-10-7-15(8-11-17)5-6-16-9-12-19(29-21(27)14(2)3)18(13-16)22(23,24)25/h4,7-13H,1-2H2,3H3. The van der Waals surface area contributed by atoms with Gasteiger partial charge in [-0.25, -0.2) is 0 Å². The Kier molecular flexibility index (Phi) is 7.54. The summed E-state index contributed by atoms with van der Waals surface area (Å²) in [6.45, 7) is 8.29. The van der Waals surface area contributed by atoms with Gasteiger partial charge in [0.25, 0.3) is 0 Å². The molecule has 0 aromatic heterocycles. The molecule has 2 nitrogen and oxygen atoms in total. The third kappa shape index (κ3) is 6.70. The van der Waals surface area contributed by atoms with Crippen LogP contribution in [-0.2, 0) is 15.8 Å². The lowest BCUT2D eigenvalue weighted by Crippen LogP contribution is -2.08. The zero-order valence-corrected chi connectivity index (χ0v) is 16.9. The van der Waals surface area contributed by atoms with Crippen molar-refractivity contribution in [3.8, 4) is 11.8 Å². The van der Waals surface area contributed by atoms with Crippen LogP contribution in [0.25, 0.3) is 0 Å². The summed E-state index contributed by atoms with van der Waals surface area (Å²) in [7, 11) is 0. The van der Waals surface area contributed by atoms with Gasteiger partial charge in [-0.15, -0.1) is 0 Å². The molecule has 0 fully saturated rings. The number of benzene rings is 2. The van der Waals surface area contributed by atoms with Crippen LogP contribution in [0.1, 0.15) is 23.6 Å². The van der Waals surface area contributed by atoms with Crippen LogP contribution in [0.4, 0.5) is 13.2 Å². The average Bonchev–Trinajstić information content (AvgIpc) is 2.67. The van der Waals surface area contributed by atoms with Gasteiger partial charge in [0.05, 0.1) is 5.56 Å². The van der Waals surface area contributed by atoms with Gasteiger partial charge in [-0.3, -0.25) is 9.59 Å². The van der Waals surface area contributed by atoms with Crippen molar-refractivity contribution >= 4 is 33.8 Å². The van der Waals surface area contributed by atoms with E-state index in [0.29, 0.717) is 22.2 Å². The van der Waals surface area contributed by atoms with Crippen molar-refractivity contribution in [1.82, 2.24) is 0 Å². The van der Waals surface area contributed by atoms with E-state index in [1.54, 1.807) is 24.3 Å². The SMILES string of the molecule is C=CC(=O)Sc1ccc(C#Cc2ccc(SC(=O)C(=C)C)c(C(F)(F)F)c2)cc1. The molecular weight excluding hydrogens is 417 g/mol. The van der Waals surface area contributed by atoms with Crippen LogP contribution >= 0.6 is 23.5 Å². The maximum atomic E-state index is 13.4. The molecule has 0 saturated carbocycles. The van der Waals surface area contributed by atoms with E-state index in [9.17, 15) is 22.8 Å². The van der Waals surface area contributed by atoms with Crippen LogP contribution in [-0.4, -0.2) is 10.2 Å². The van der Waals surface area contributed by atoms with Crippen molar-refractivity contribution in [2.75, 3.05) is 0 Å². The normalized spacial score (nSPS) is 10.6. The number of hydrogen-bond donors (Lipinski definition) is 0. The summed E-state index contributed by atoms with van der Waals surface area (Å²) in [4.78, 5) is 23.6. The molecule has 0 spiro atoms. The van der Waals surface area contributed by atoms with Gasteiger partial charge < -0.3 is 0 Å². The lowest BCUT2D eigenvalue weighted by Gasteiger charge is -2.12. The minimum atomic E-state index is -4.62. The number of halogens is 3. The van der Waals surface area contributed by atoms with E-state index in [1.807, 2.05) is 0 Å².